The minimum atomic E-state index is -0.0727. The number of nitrogens with zero attached hydrogens (tertiary/aromatic N) is 2. The van der Waals surface area contributed by atoms with Crippen molar-refractivity contribution in [1.82, 2.24) is 9.80 Å². The molecule has 0 saturated carbocycles. The van der Waals surface area contributed by atoms with Crippen LogP contribution < -0.4 is 14.8 Å². The lowest BCUT2D eigenvalue weighted by molar-refractivity contribution is 0.0365. The molecule has 0 radical (unpaired) electrons. The van der Waals surface area contributed by atoms with Crippen LogP contribution in [-0.2, 0) is 4.74 Å². The summed E-state index contributed by atoms with van der Waals surface area (Å²) in [4.78, 5) is 4.63. The third kappa shape index (κ3) is 5.63. The second-order valence-corrected chi connectivity index (χ2v) is 8.72. The second kappa shape index (κ2) is 11.6. The number of morpholine rings is 1. The van der Waals surface area contributed by atoms with Crippen molar-refractivity contribution < 1.29 is 18.6 Å². The number of hydrogen-bond donors (Lipinski definition) is 1. The number of benzene rings is 2. The van der Waals surface area contributed by atoms with Gasteiger partial charge in [0.1, 0.15) is 11.5 Å². The van der Waals surface area contributed by atoms with E-state index in [1.165, 1.54) is 0 Å². The van der Waals surface area contributed by atoms with Crippen molar-refractivity contribution in [2.24, 2.45) is 0 Å². The molecule has 1 N–H and O–H groups in total. The molecular weight excluding hydrogens is 450 g/mol. The molecule has 1 atom stereocenters. The van der Waals surface area contributed by atoms with Crippen molar-refractivity contribution in [2.45, 2.75) is 19.4 Å². The highest BCUT2D eigenvalue weighted by Gasteiger charge is 2.24. The Bertz CT molecular complexity index is 1100. The number of thiocarbonyl (C=S) groups is 1. The van der Waals surface area contributed by atoms with E-state index in [1.807, 2.05) is 42.5 Å². The molecular formula is C26H33N3O4S. The van der Waals surface area contributed by atoms with Gasteiger partial charge in [0.2, 0.25) is 0 Å². The molecule has 1 aliphatic rings. The summed E-state index contributed by atoms with van der Waals surface area (Å²) in [5.74, 6) is 2.32. The second-order valence-electron chi connectivity index (χ2n) is 8.33. The van der Waals surface area contributed by atoms with E-state index >= 15 is 0 Å². The van der Waals surface area contributed by atoms with Crippen LogP contribution in [0.5, 0.6) is 11.5 Å². The van der Waals surface area contributed by atoms with Crippen molar-refractivity contribution in [3.05, 3.63) is 54.3 Å². The van der Waals surface area contributed by atoms with Gasteiger partial charge in [-0.25, -0.2) is 0 Å². The molecule has 4 rings (SSSR count). The summed E-state index contributed by atoms with van der Waals surface area (Å²) in [5, 5.41) is 5.03. The first-order valence-corrected chi connectivity index (χ1v) is 12.1. The van der Waals surface area contributed by atoms with E-state index in [-0.39, 0.29) is 6.04 Å². The van der Waals surface area contributed by atoms with E-state index in [0.29, 0.717) is 5.11 Å². The fraction of sp³-hybridized carbons (Fsp3) is 0.423. The van der Waals surface area contributed by atoms with Gasteiger partial charge in [0.25, 0.3) is 0 Å². The summed E-state index contributed by atoms with van der Waals surface area (Å²) < 4.78 is 22.7. The Labute approximate surface area is 206 Å². The van der Waals surface area contributed by atoms with E-state index in [0.717, 1.165) is 79.7 Å². The maximum absolute atomic E-state index is 6.27. The summed E-state index contributed by atoms with van der Waals surface area (Å²) in [6.45, 7) is 7.45. The molecule has 1 aliphatic heterocycles. The zero-order valence-electron chi connectivity index (χ0n) is 20.1. The van der Waals surface area contributed by atoms with Gasteiger partial charge in [-0.3, -0.25) is 4.90 Å². The third-order valence-corrected chi connectivity index (χ3v) is 6.55. The van der Waals surface area contributed by atoms with Crippen LogP contribution >= 0.6 is 12.2 Å². The average Bonchev–Trinajstić information content (AvgIpc) is 3.32. The molecule has 2 aromatic carbocycles. The van der Waals surface area contributed by atoms with Gasteiger partial charge in [-0.2, -0.15) is 0 Å². The summed E-state index contributed by atoms with van der Waals surface area (Å²) >= 11 is 5.90. The van der Waals surface area contributed by atoms with E-state index in [9.17, 15) is 0 Å². The maximum atomic E-state index is 6.27. The Balaban J connectivity index is 1.54. The van der Waals surface area contributed by atoms with Crippen LogP contribution in [0.25, 0.3) is 11.0 Å². The van der Waals surface area contributed by atoms with Gasteiger partial charge in [0, 0.05) is 31.6 Å². The van der Waals surface area contributed by atoms with Crippen LogP contribution in [0.2, 0.25) is 0 Å². The topological polar surface area (TPSA) is 59.3 Å². The largest absolute Gasteiger partial charge is 0.495 e. The van der Waals surface area contributed by atoms with E-state index in [2.05, 4.69) is 28.1 Å². The van der Waals surface area contributed by atoms with Gasteiger partial charge >= 0.3 is 0 Å². The Morgan fingerprint density at radius 1 is 1.09 bits per heavy atom. The van der Waals surface area contributed by atoms with E-state index < -0.39 is 0 Å². The van der Waals surface area contributed by atoms with Gasteiger partial charge in [-0.05, 0) is 49.8 Å². The minimum Gasteiger partial charge on any atom is -0.495 e. The summed E-state index contributed by atoms with van der Waals surface area (Å²) in [6, 6.07) is 15.7. The molecule has 1 fully saturated rings. The molecule has 0 amide bonds. The van der Waals surface area contributed by atoms with Crippen LogP contribution in [0.15, 0.2) is 52.9 Å². The molecule has 0 aliphatic carbocycles. The monoisotopic (exact) mass is 483 g/mol. The lowest BCUT2D eigenvalue weighted by atomic mass is 10.2. The minimum absolute atomic E-state index is 0.0727. The SMILES string of the molecule is COc1ccccc1NC(=S)N(CCCN1CCOCC1)[C@H](C)c1cc2cccc(OC)c2o1. The van der Waals surface area contributed by atoms with Gasteiger partial charge in [-0.15, -0.1) is 0 Å². The van der Waals surface area contributed by atoms with Crippen molar-refractivity contribution in [3.8, 4) is 11.5 Å². The first-order chi connectivity index (χ1) is 16.6. The lowest BCUT2D eigenvalue weighted by Crippen LogP contribution is -2.41. The fourth-order valence-corrected chi connectivity index (χ4v) is 4.63. The zero-order chi connectivity index (χ0) is 23.9. The lowest BCUT2D eigenvalue weighted by Gasteiger charge is -2.32. The van der Waals surface area contributed by atoms with E-state index in [4.69, 9.17) is 30.8 Å². The van der Waals surface area contributed by atoms with Gasteiger partial charge in [-0.1, -0.05) is 24.3 Å². The van der Waals surface area contributed by atoms with Crippen molar-refractivity contribution in [2.75, 3.05) is 58.9 Å². The Morgan fingerprint density at radius 3 is 2.59 bits per heavy atom. The van der Waals surface area contributed by atoms with Gasteiger partial charge < -0.3 is 28.8 Å². The number of furan rings is 1. The van der Waals surface area contributed by atoms with Crippen molar-refractivity contribution >= 4 is 34.0 Å². The number of hydrogen-bond acceptors (Lipinski definition) is 6. The number of rotatable bonds is 9. The highest BCUT2D eigenvalue weighted by molar-refractivity contribution is 7.80. The first kappa shape index (κ1) is 24.3. The van der Waals surface area contributed by atoms with Crippen LogP contribution in [0.3, 0.4) is 0 Å². The number of anilines is 1. The molecule has 0 bridgehead atoms. The molecule has 0 unspecified atom stereocenters. The number of fused-ring (bicyclic) bond motifs is 1. The quantitative estimate of drug-likeness (QED) is 0.430. The maximum Gasteiger partial charge on any atom is 0.176 e. The molecule has 1 saturated heterocycles. The Hall–Kier alpha value is -2.81. The molecule has 0 spiro atoms. The predicted molar refractivity (Wildman–Crippen MR) is 139 cm³/mol. The smallest absolute Gasteiger partial charge is 0.176 e. The molecule has 1 aromatic heterocycles. The van der Waals surface area contributed by atoms with Crippen LogP contribution in [-0.4, -0.2) is 68.5 Å². The highest BCUT2D eigenvalue weighted by Crippen LogP contribution is 2.33. The number of methoxy groups -OCH3 is 2. The normalized spacial score (nSPS) is 15.1. The zero-order valence-corrected chi connectivity index (χ0v) is 20.9. The summed E-state index contributed by atoms with van der Waals surface area (Å²) in [6.07, 6.45) is 0.974. The molecule has 7 nitrogen and oxygen atoms in total. The van der Waals surface area contributed by atoms with Crippen molar-refractivity contribution in [3.63, 3.8) is 0 Å². The molecule has 2 heterocycles. The van der Waals surface area contributed by atoms with Crippen LogP contribution in [0.1, 0.15) is 25.1 Å². The molecule has 3 aromatic rings. The average molecular weight is 484 g/mol. The van der Waals surface area contributed by atoms with Crippen molar-refractivity contribution in [1.29, 1.82) is 0 Å². The number of para-hydroxylation sites is 3. The molecule has 8 heteroatoms. The van der Waals surface area contributed by atoms with E-state index in [1.54, 1.807) is 14.2 Å². The van der Waals surface area contributed by atoms with Gasteiger partial charge in [0.05, 0.1) is 39.2 Å². The predicted octanol–water partition coefficient (Wildman–Crippen LogP) is 4.93. The summed E-state index contributed by atoms with van der Waals surface area (Å²) in [7, 11) is 3.32. The fourth-order valence-electron chi connectivity index (χ4n) is 4.27. The number of nitrogens with one attached hydrogen (secondary N) is 1. The standard InChI is InChI=1S/C26H33N3O4S/c1-19(24-18-20-8-6-11-23(31-3)25(20)33-24)29(13-7-12-28-14-16-32-17-15-28)26(34)27-21-9-4-5-10-22(21)30-2/h4-6,8-11,18-19H,7,12-17H2,1-3H3,(H,27,34)/t19-/m1/s1. The van der Waals surface area contributed by atoms with Crippen LogP contribution in [0.4, 0.5) is 5.69 Å². The Kier molecular flexibility index (Phi) is 8.26. The molecule has 182 valence electrons. The molecule has 34 heavy (non-hydrogen) atoms. The summed E-state index contributed by atoms with van der Waals surface area (Å²) in [5.41, 5.74) is 1.59. The van der Waals surface area contributed by atoms with Gasteiger partial charge in [0.15, 0.2) is 16.4 Å². The third-order valence-electron chi connectivity index (χ3n) is 6.21. The Morgan fingerprint density at radius 2 is 1.82 bits per heavy atom. The first-order valence-electron chi connectivity index (χ1n) is 11.7. The van der Waals surface area contributed by atoms with Crippen LogP contribution in [0, 0.1) is 0 Å². The highest BCUT2D eigenvalue weighted by atomic mass is 32.1. The number of ether oxygens (including phenoxy) is 3.